The van der Waals surface area contributed by atoms with Crippen molar-refractivity contribution in [2.45, 2.75) is 33.1 Å². The van der Waals surface area contributed by atoms with Gasteiger partial charge in [-0.05, 0) is 35.5 Å². The Morgan fingerprint density at radius 1 is 1.42 bits per heavy atom. The fourth-order valence-electron chi connectivity index (χ4n) is 5.49. The van der Waals surface area contributed by atoms with Crippen molar-refractivity contribution in [3.8, 4) is 0 Å². The molecule has 19 heavy (non-hydrogen) atoms. The van der Waals surface area contributed by atoms with Gasteiger partial charge in [-0.25, -0.2) is 0 Å². The van der Waals surface area contributed by atoms with E-state index in [0.29, 0.717) is 24.0 Å². The first-order valence-corrected chi connectivity index (χ1v) is 8.18. The van der Waals surface area contributed by atoms with Crippen LogP contribution in [0.25, 0.3) is 0 Å². The van der Waals surface area contributed by atoms with Crippen LogP contribution in [-0.4, -0.2) is 24.2 Å². The van der Waals surface area contributed by atoms with Crippen LogP contribution in [0.15, 0.2) is 0 Å². The van der Waals surface area contributed by atoms with E-state index in [9.17, 15) is 9.59 Å². The van der Waals surface area contributed by atoms with E-state index < -0.39 is 0 Å². The molecule has 0 unspecified atom stereocenters. The van der Waals surface area contributed by atoms with Gasteiger partial charge in [0, 0.05) is 17.2 Å². The average molecular weight is 329 g/mol. The molecule has 0 aromatic heterocycles. The molecule has 3 aliphatic carbocycles. The number of Topliss-reactive ketones (excluding diaryl/α,β-unsaturated/α-hetero) is 1. The first-order chi connectivity index (χ1) is 8.89. The fourth-order valence-corrected chi connectivity index (χ4v) is 5.95. The first-order valence-electron chi connectivity index (χ1n) is 7.05. The van der Waals surface area contributed by atoms with Crippen molar-refractivity contribution < 1.29 is 14.3 Å². The van der Waals surface area contributed by atoms with Gasteiger partial charge in [-0.15, -0.1) is 0 Å². The van der Waals surface area contributed by atoms with Gasteiger partial charge in [0.1, 0.15) is 5.78 Å². The van der Waals surface area contributed by atoms with Gasteiger partial charge in [0.25, 0.3) is 0 Å². The normalized spacial score (nSPS) is 45.2. The Balaban J connectivity index is 1.96. The van der Waals surface area contributed by atoms with Gasteiger partial charge in [0.15, 0.2) is 0 Å². The number of carbonyl (C=O) groups excluding carboxylic acids is 2. The Bertz CT molecular complexity index is 445. The molecule has 3 aliphatic rings. The Labute approximate surface area is 122 Å². The SMILES string of the molecule is COC(=O)C[C@]12CC(C)(C)[C@H]3[C@@H](C(=O)[C@H]1CCBr)[C@@H]32. The number of carbonyl (C=O) groups is 2. The molecule has 0 aliphatic heterocycles. The van der Waals surface area contributed by atoms with Crippen LogP contribution in [0.5, 0.6) is 0 Å². The highest BCUT2D eigenvalue weighted by molar-refractivity contribution is 9.09. The van der Waals surface area contributed by atoms with Crippen LogP contribution in [0.3, 0.4) is 0 Å². The minimum atomic E-state index is -0.156. The summed E-state index contributed by atoms with van der Waals surface area (Å²) < 4.78 is 4.89. The van der Waals surface area contributed by atoms with E-state index in [2.05, 4.69) is 29.8 Å². The predicted octanol–water partition coefficient (Wildman–Crippen LogP) is 2.81. The molecule has 106 valence electrons. The van der Waals surface area contributed by atoms with Crippen LogP contribution < -0.4 is 0 Å². The van der Waals surface area contributed by atoms with Gasteiger partial charge >= 0.3 is 5.97 Å². The largest absolute Gasteiger partial charge is 0.469 e. The van der Waals surface area contributed by atoms with E-state index in [-0.39, 0.29) is 28.6 Å². The minimum Gasteiger partial charge on any atom is -0.469 e. The number of rotatable bonds is 4. The summed E-state index contributed by atoms with van der Waals surface area (Å²) in [7, 11) is 1.44. The van der Waals surface area contributed by atoms with Crippen molar-refractivity contribution in [1.82, 2.24) is 0 Å². The summed E-state index contributed by atoms with van der Waals surface area (Å²) >= 11 is 3.46. The molecule has 4 heteroatoms. The molecule has 3 rings (SSSR count). The van der Waals surface area contributed by atoms with Crippen LogP contribution in [0.4, 0.5) is 0 Å². The smallest absolute Gasteiger partial charge is 0.306 e. The maximum absolute atomic E-state index is 12.6. The summed E-state index contributed by atoms with van der Waals surface area (Å²) in [6.45, 7) is 4.51. The molecule has 3 nitrogen and oxygen atoms in total. The maximum Gasteiger partial charge on any atom is 0.306 e. The second kappa shape index (κ2) is 4.06. The van der Waals surface area contributed by atoms with Gasteiger partial charge in [0.2, 0.25) is 0 Å². The van der Waals surface area contributed by atoms with Gasteiger partial charge < -0.3 is 4.74 Å². The highest BCUT2D eigenvalue weighted by Gasteiger charge is 2.81. The lowest BCUT2D eigenvalue weighted by molar-refractivity contribution is -0.145. The van der Waals surface area contributed by atoms with Gasteiger partial charge in [-0.1, -0.05) is 29.8 Å². The summed E-state index contributed by atoms with van der Waals surface area (Å²) in [5, 5.41) is 0.830. The maximum atomic E-state index is 12.6. The zero-order valence-electron chi connectivity index (χ0n) is 11.7. The average Bonchev–Trinajstić information content (AvgIpc) is 3.01. The van der Waals surface area contributed by atoms with Gasteiger partial charge in [-0.3, -0.25) is 9.59 Å². The molecule has 0 amide bonds. The summed E-state index contributed by atoms with van der Waals surface area (Å²) in [4.78, 5) is 24.4. The number of fused-ring (bicyclic) bond motifs is 1. The topological polar surface area (TPSA) is 43.4 Å². The van der Waals surface area contributed by atoms with Crippen molar-refractivity contribution in [2.24, 2.45) is 34.5 Å². The Morgan fingerprint density at radius 3 is 2.68 bits per heavy atom. The van der Waals surface area contributed by atoms with E-state index >= 15 is 0 Å². The monoisotopic (exact) mass is 328 g/mol. The fraction of sp³-hybridized carbons (Fsp3) is 0.867. The summed E-state index contributed by atoms with van der Waals surface area (Å²) in [6, 6.07) is 0. The number of esters is 1. The van der Waals surface area contributed by atoms with Crippen molar-refractivity contribution in [2.75, 3.05) is 12.4 Å². The Hall–Kier alpha value is -0.380. The number of ether oxygens (including phenoxy) is 1. The van der Waals surface area contributed by atoms with Crippen LogP contribution in [0, 0.1) is 34.5 Å². The van der Waals surface area contributed by atoms with Crippen molar-refractivity contribution in [1.29, 1.82) is 0 Å². The molecule has 0 heterocycles. The first kappa shape index (κ1) is 13.6. The Kier molecular flexibility index (Phi) is 2.91. The second-order valence-electron chi connectivity index (χ2n) is 7.16. The number of halogens is 1. The van der Waals surface area contributed by atoms with E-state index in [4.69, 9.17) is 4.74 Å². The van der Waals surface area contributed by atoms with Crippen LogP contribution in [0.1, 0.15) is 33.1 Å². The lowest BCUT2D eigenvalue weighted by atomic mass is 9.69. The van der Waals surface area contributed by atoms with E-state index in [1.54, 1.807) is 0 Å². The lowest BCUT2D eigenvalue weighted by Gasteiger charge is -2.35. The molecule has 3 fully saturated rings. The molecule has 0 bridgehead atoms. The third kappa shape index (κ3) is 1.61. The van der Waals surface area contributed by atoms with E-state index in [1.165, 1.54) is 7.11 Å². The number of methoxy groups -OCH3 is 1. The zero-order chi connectivity index (χ0) is 14.0. The molecule has 0 aromatic rings. The van der Waals surface area contributed by atoms with E-state index in [1.807, 2.05) is 0 Å². The highest BCUT2D eigenvalue weighted by atomic mass is 79.9. The summed E-state index contributed by atoms with van der Waals surface area (Å²) in [5.74, 6) is 1.51. The van der Waals surface area contributed by atoms with E-state index in [0.717, 1.165) is 18.2 Å². The molecule has 0 N–H and O–H groups in total. The third-order valence-corrected chi connectivity index (χ3v) is 6.29. The predicted molar refractivity (Wildman–Crippen MR) is 74.8 cm³/mol. The van der Waals surface area contributed by atoms with Crippen molar-refractivity contribution >= 4 is 27.7 Å². The summed E-state index contributed by atoms with van der Waals surface area (Å²) in [5.41, 5.74) is 0.0802. The number of ketones is 1. The minimum absolute atomic E-state index is 0.0546. The number of alkyl halides is 1. The third-order valence-electron chi connectivity index (χ3n) is 5.84. The van der Waals surface area contributed by atoms with Crippen LogP contribution in [0.2, 0.25) is 0 Å². The molecule has 5 atom stereocenters. The molecular formula is C15H21BrO3. The molecule has 0 spiro atoms. The molecular weight excluding hydrogens is 308 g/mol. The van der Waals surface area contributed by atoms with Crippen molar-refractivity contribution in [3.63, 3.8) is 0 Å². The number of hydrogen-bond acceptors (Lipinski definition) is 3. The Morgan fingerprint density at radius 2 is 2.11 bits per heavy atom. The highest BCUT2D eigenvalue weighted by Crippen LogP contribution is 2.81. The molecule has 0 saturated heterocycles. The van der Waals surface area contributed by atoms with Crippen molar-refractivity contribution in [3.05, 3.63) is 0 Å². The molecule has 0 aromatic carbocycles. The van der Waals surface area contributed by atoms with Gasteiger partial charge in [0.05, 0.1) is 13.5 Å². The summed E-state index contributed by atoms with van der Waals surface area (Å²) in [6.07, 6.45) is 2.27. The molecule has 3 saturated carbocycles. The molecule has 0 radical (unpaired) electrons. The standard InChI is InChI=1S/C15H21BrO3/c1-14(2)7-15(6-9(17)19-3)8(4-5-16)13(18)10-11(14)12(10)15/h8,10-12H,4-7H2,1-3H3/t8-,10-,11+,12+,15+/m1/s1. The lowest BCUT2D eigenvalue weighted by Crippen LogP contribution is -2.34. The second-order valence-corrected chi connectivity index (χ2v) is 7.95. The quantitative estimate of drug-likeness (QED) is 0.588. The van der Waals surface area contributed by atoms with Gasteiger partial charge in [-0.2, -0.15) is 0 Å². The zero-order valence-corrected chi connectivity index (χ0v) is 13.3. The van der Waals surface area contributed by atoms with Crippen LogP contribution >= 0.6 is 15.9 Å². The number of hydrogen-bond donors (Lipinski definition) is 0. The van der Waals surface area contributed by atoms with Crippen LogP contribution in [-0.2, 0) is 14.3 Å².